The molecule has 0 aliphatic heterocycles. The first-order valence-electron chi connectivity index (χ1n) is 5.31. The fourth-order valence-corrected chi connectivity index (χ4v) is 1.97. The quantitative estimate of drug-likeness (QED) is 0.659. The normalized spacial score (nSPS) is 10.4. The third-order valence-corrected chi connectivity index (χ3v) is 2.91. The van der Waals surface area contributed by atoms with Crippen molar-refractivity contribution in [3.63, 3.8) is 0 Å². The Morgan fingerprint density at radius 3 is 2.72 bits per heavy atom. The van der Waals surface area contributed by atoms with Crippen molar-refractivity contribution in [2.45, 2.75) is 0 Å². The third kappa shape index (κ3) is 1.73. The lowest BCUT2D eigenvalue weighted by Gasteiger charge is -1.98. The van der Waals surface area contributed by atoms with Crippen LogP contribution in [0.25, 0.3) is 22.2 Å². The van der Waals surface area contributed by atoms with Gasteiger partial charge in [-0.15, -0.1) is 0 Å². The van der Waals surface area contributed by atoms with E-state index in [1.807, 2.05) is 12.1 Å². The molecule has 0 amide bonds. The van der Waals surface area contributed by atoms with E-state index < -0.39 is 0 Å². The standard InChI is InChI=1S/C14H7ClN2O/c15-11-5-13-14(17-7-11)12(8-18-13)10-3-1-9(6-16)2-4-10/h1-5,7-8H. The van der Waals surface area contributed by atoms with E-state index in [2.05, 4.69) is 11.1 Å². The van der Waals surface area contributed by atoms with Crippen molar-refractivity contribution in [3.8, 4) is 17.2 Å². The predicted molar refractivity (Wildman–Crippen MR) is 69.2 cm³/mol. The molecule has 2 aromatic heterocycles. The van der Waals surface area contributed by atoms with Crippen LogP contribution >= 0.6 is 11.6 Å². The molecule has 0 radical (unpaired) electrons. The number of pyridine rings is 1. The maximum atomic E-state index is 8.77. The molecule has 18 heavy (non-hydrogen) atoms. The summed E-state index contributed by atoms with van der Waals surface area (Å²) in [6, 6.07) is 11.1. The van der Waals surface area contributed by atoms with E-state index in [0.29, 0.717) is 16.2 Å². The van der Waals surface area contributed by atoms with E-state index in [1.54, 1.807) is 30.7 Å². The maximum Gasteiger partial charge on any atom is 0.154 e. The van der Waals surface area contributed by atoms with Gasteiger partial charge in [-0.2, -0.15) is 5.26 Å². The molecule has 0 aliphatic rings. The first-order chi connectivity index (χ1) is 8.78. The number of benzene rings is 1. The fraction of sp³-hybridized carbons (Fsp3) is 0. The van der Waals surface area contributed by atoms with E-state index in [-0.39, 0.29) is 0 Å². The number of furan rings is 1. The van der Waals surface area contributed by atoms with Gasteiger partial charge in [-0.05, 0) is 17.7 Å². The zero-order chi connectivity index (χ0) is 12.5. The van der Waals surface area contributed by atoms with Crippen LogP contribution in [0, 0.1) is 11.3 Å². The lowest BCUT2D eigenvalue weighted by Crippen LogP contribution is -1.80. The SMILES string of the molecule is N#Cc1ccc(-c2coc3cc(Cl)cnc23)cc1. The highest BCUT2D eigenvalue weighted by atomic mass is 35.5. The zero-order valence-electron chi connectivity index (χ0n) is 9.22. The molecule has 3 aromatic rings. The maximum absolute atomic E-state index is 8.77. The van der Waals surface area contributed by atoms with E-state index >= 15 is 0 Å². The highest BCUT2D eigenvalue weighted by Gasteiger charge is 2.09. The number of hydrogen-bond donors (Lipinski definition) is 0. The molecule has 0 atom stereocenters. The smallest absolute Gasteiger partial charge is 0.154 e. The second-order valence-corrected chi connectivity index (χ2v) is 4.28. The molecule has 0 unspecified atom stereocenters. The first kappa shape index (κ1) is 10.8. The van der Waals surface area contributed by atoms with Crippen LogP contribution in [0.1, 0.15) is 5.56 Å². The van der Waals surface area contributed by atoms with Crippen molar-refractivity contribution in [3.05, 3.63) is 53.4 Å². The largest absolute Gasteiger partial charge is 0.462 e. The molecule has 3 nitrogen and oxygen atoms in total. The summed E-state index contributed by atoms with van der Waals surface area (Å²) in [7, 11) is 0. The molecule has 1 aromatic carbocycles. The first-order valence-corrected chi connectivity index (χ1v) is 5.69. The van der Waals surface area contributed by atoms with Crippen molar-refractivity contribution in [1.29, 1.82) is 5.26 Å². The van der Waals surface area contributed by atoms with Crippen molar-refractivity contribution in [1.82, 2.24) is 4.98 Å². The Morgan fingerprint density at radius 1 is 1.22 bits per heavy atom. The molecule has 0 spiro atoms. The Bertz CT molecular complexity index is 754. The topological polar surface area (TPSA) is 49.8 Å². The van der Waals surface area contributed by atoms with E-state index in [0.717, 1.165) is 16.6 Å². The number of rotatable bonds is 1. The van der Waals surface area contributed by atoms with Crippen LogP contribution in [0.15, 0.2) is 47.2 Å². The van der Waals surface area contributed by atoms with Crippen molar-refractivity contribution in [2.24, 2.45) is 0 Å². The minimum atomic E-state index is 0.545. The Hall–Kier alpha value is -2.31. The highest BCUT2D eigenvalue weighted by Crippen LogP contribution is 2.30. The zero-order valence-corrected chi connectivity index (χ0v) is 9.98. The molecule has 0 fully saturated rings. The number of fused-ring (bicyclic) bond motifs is 1. The molecule has 2 heterocycles. The van der Waals surface area contributed by atoms with Gasteiger partial charge >= 0.3 is 0 Å². The molecule has 0 saturated carbocycles. The van der Waals surface area contributed by atoms with Crippen LogP contribution in [0.2, 0.25) is 5.02 Å². The number of aromatic nitrogens is 1. The van der Waals surface area contributed by atoms with Gasteiger partial charge in [-0.3, -0.25) is 4.98 Å². The van der Waals surface area contributed by atoms with Crippen LogP contribution in [0.5, 0.6) is 0 Å². The molecule has 0 aliphatic carbocycles. The molecule has 4 heteroatoms. The van der Waals surface area contributed by atoms with E-state index in [9.17, 15) is 0 Å². The fourth-order valence-electron chi connectivity index (χ4n) is 1.82. The second-order valence-electron chi connectivity index (χ2n) is 3.84. The van der Waals surface area contributed by atoms with Gasteiger partial charge in [-0.25, -0.2) is 0 Å². The average molecular weight is 255 g/mol. The summed E-state index contributed by atoms with van der Waals surface area (Å²) >= 11 is 5.85. The molecule has 0 saturated heterocycles. The van der Waals surface area contributed by atoms with Gasteiger partial charge < -0.3 is 4.42 Å². The Labute approximate surface area is 108 Å². The monoisotopic (exact) mass is 254 g/mol. The van der Waals surface area contributed by atoms with Gasteiger partial charge in [0.05, 0.1) is 16.7 Å². The second kappa shape index (κ2) is 4.17. The van der Waals surface area contributed by atoms with Gasteiger partial charge in [-0.1, -0.05) is 23.7 Å². The summed E-state index contributed by atoms with van der Waals surface area (Å²) in [6.45, 7) is 0. The summed E-state index contributed by atoms with van der Waals surface area (Å²) in [4.78, 5) is 4.27. The van der Waals surface area contributed by atoms with Crippen LogP contribution in [-0.2, 0) is 0 Å². The Balaban J connectivity index is 2.16. The van der Waals surface area contributed by atoms with E-state index in [1.165, 1.54) is 0 Å². The minimum Gasteiger partial charge on any atom is -0.462 e. The van der Waals surface area contributed by atoms with Crippen molar-refractivity contribution < 1.29 is 4.42 Å². The van der Waals surface area contributed by atoms with E-state index in [4.69, 9.17) is 21.3 Å². The number of hydrogen-bond acceptors (Lipinski definition) is 3. The summed E-state index contributed by atoms with van der Waals surface area (Å²) < 4.78 is 5.43. The average Bonchev–Trinajstić information content (AvgIpc) is 2.81. The summed E-state index contributed by atoms with van der Waals surface area (Å²) in [5.41, 5.74) is 3.90. The van der Waals surface area contributed by atoms with Crippen molar-refractivity contribution >= 4 is 22.7 Å². The molecule has 0 N–H and O–H groups in total. The number of nitriles is 1. The lowest BCUT2D eigenvalue weighted by atomic mass is 10.1. The molecular formula is C14H7ClN2O. The third-order valence-electron chi connectivity index (χ3n) is 2.70. The minimum absolute atomic E-state index is 0.545. The molecule has 3 rings (SSSR count). The predicted octanol–water partition coefficient (Wildman–Crippen LogP) is 4.02. The van der Waals surface area contributed by atoms with Crippen LogP contribution < -0.4 is 0 Å². The number of nitrogens with zero attached hydrogens (tertiary/aromatic N) is 2. The summed E-state index contributed by atoms with van der Waals surface area (Å²) in [5.74, 6) is 0. The number of halogens is 1. The van der Waals surface area contributed by atoms with Gasteiger partial charge in [0.25, 0.3) is 0 Å². The summed E-state index contributed by atoms with van der Waals surface area (Å²) in [6.07, 6.45) is 3.24. The lowest BCUT2D eigenvalue weighted by molar-refractivity contribution is 0.616. The Morgan fingerprint density at radius 2 is 2.00 bits per heavy atom. The van der Waals surface area contributed by atoms with Crippen LogP contribution in [0.3, 0.4) is 0 Å². The van der Waals surface area contributed by atoms with Gasteiger partial charge in [0.1, 0.15) is 11.8 Å². The Kier molecular flexibility index (Phi) is 2.51. The molecule has 0 bridgehead atoms. The van der Waals surface area contributed by atoms with Crippen molar-refractivity contribution in [2.75, 3.05) is 0 Å². The van der Waals surface area contributed by atoms with Gasteiger partial charge in [0, 0.05) is 17.8 Å². The highest BCUT2D eigenvalue weighted by molar-refractivity contribution is 6.31. The van der Waals surface area contributed by atoms with Gasteiger partial charge in [0.2, 0.25) is 0 Å². The molecule has 86 valence electrons. The van der Waals surface area contributed by atoms with Crippen LogP contribution in [-0.4, -0.2) is 4.98 Å². The van der Waals surface area contributed by atoms with Crippen LogP contribution in [0.4, 0.5) is 0 Å². The molecular weight excluding hydrogens is 248 g/mol. The summed E-state index contributed by atoms with van der Waals surface area (Å²) in [5, 5.41) is 9.31. The van der Waals surface area contributed by atoms with Gasteiger partial charge in [0.15, 0.2) is 5.58 Å².